The third kappa shape index (κ3) is 2.75. The average Bonchev–Trinajstić information content (AvgIpc) is 3.08. The van der Waals surface area contributed by atoms with E-state index in [0.717, 1.165) is 0 Å². The minimum atomic E-state index is -0.522. The number of halogens is 1. The van der Waals surface area contributed by atoms with Gasteiger partial charge in [0.1, 0.15) is 11.6 Å². The quantitative estimate of drug-likeness (QED) is 0.411. The van der Waals surface area contributed by atoms with Crippen molar-refractivity contribution in [3.63, 3.8) is 0 Å². The van der Waals surface area contributed by atoms with Gasteiger partial charge in [0, 0.05) is 17.7 Å². The second kappa shape index (κ2) is 5.87. The van der Waals surface area contributed by atoms with Crippen molar-refractivity contribution in [1.29, 1.82) is 5.26 Å². The summed E-state index contributed by atoms with van der Waals surface area (Å²) in [5.74, 6) is 0.573. The van der Waals surface area contributed by atoms with Crippen molar-refractivity contribution in [1.82, 2.24) is 9.97 Å². The molecule has 23 heavy (non-hydrogen) atoms. The van der Waals surface area contributed by atoms with Gasteiger partial charge in [-0.3, -0.25) is 10.1 Å². The number of nitro groups is 1. The van der Waals surface area contributed by atoms with Crippen molar-refractivity contribution in [2.24, 2.45) is 0 Å². The van der Waals surface area contributed by atoms with Crippen molar-refractivity contribution >= 4 is 17.3 Å². The van der Waals surface area contributed by atoms with Gasteiger partial charge in [-0.15, -0.1) is 0 Å². The number of nitro benzene ring substituents is 1. The molecule has 0 fully saturated rings. The number of furan rings is 1. The molecule has 7 nitrogen and oxygen atoms in total. The number of benzene rings is 1. The lowest BCUT2D eigenvalue weighted by Crippen LogP contribution is -1.98. The van der Waals surface area contributed by atoms with Crippen LogP contribution in [0, 0.1) is 21.4 Å². The molecule has 2 aromatic heterocycles. The summed E-state index contributed by atoms with van der Waals surface area (Å²) in [6.45, 7) is 0. The maximum absolute atomic E-state index is 10.9. The van der Waals surface area contributed by atoms with Crippen LogP contribution >= 0.6 is 11.6 Å². The number of nitrogens with zero attached hydrogens (tertiary/aromatic N) is 4. The van der Waals surface area contributed by atoms with Crippen molar-refractivity contribution in [3.05, 3.63) is 63.5 Å². The molecule has 2 heterocycles. The van der Waals surface area contributed by atoms with E-state index in [4.69, 9.17) is 16.0 Å². The molecule has 3 rings (SSSR count). The van der Waals surface area contributed by atoms with Gasteiger partial charge in [0.15, 0.2) is 16.7 Å². The van der Waals surface area contributed by atoms with Crippen LogP contribution in [0.2, 0.25) is 5.15 Å². The molecule has 1 aromatic carbocycles. The highest BCUT2D eigenvalue weighted by Gasteiger charge is 2.18. The Labute approximate surface area is 134 Å². The molecule has 0 N–H and O–H groups in total. The van der Waals surface area contributed by atoms with E-state index in [2.05, 4.69) is 9.97 Å². The molecule has 0 unspecified atom stereocenters. The molecule has 8 heteroatoms. The van der Waals surface area contributed by atoms with Gasteiger partial charge in [0.2, 0.25) is 0 Å². The number of non-ortho nitro benzene ring substituents is 1. The van der Waals surface area contributed by atoms with Crippen LogP contribution < -0.4 is 0 Å². The summed E-state index contributed by atoms with van der Waals surface area (Å²) in [5, 5.41) is 20.2. The standard InChI is InChI=1S/C15H7ClN4O3/c16-14-11(8-17)13(9-3-1-4-10(7-9)20(21)22)18-15(19-14)12-5-2-6-23-12/h1-7H. The van der Waals surface area contributed by atoms with E-state index in [1.54, 1.807) is 18.2 Å². The van der Waals surface area contributed by atoms with E-state index >= 15 is 0 Å². The molecular weight excluding hydrogens is 320 g/mol. The molecule has 0 atom stereocenters. The summed E-state index contributed by atoms with van der Waals surface area (Å²) in [6.07, 6.45) is 1.46. The number of hydrogen-bond acceptors (Lipinski definition) is 6. The van der Waals surface area contributed by atoms with Crippen LogP contribution in [0.3, 0.4) is 0 Å². The summed E-state index contributed by atoms with van der Waals surface area (Å²) < 4.78 is 5.23. The highest BCUT2D eigenvalue weighted by Crippen LogP contribution is 2.30. The molecular formula is C15H7ClN4O3. The summed E-state index contributed by atoms with van der Waals surface area (Å²) >= 11 is 6.05. The van der Waals surface area contributed by atoms with Gasteiger partial charge in [-0.05, 0) is 12.1 Å². The first-order chi connectivity index (χ1) is 11.1. The van der Waals surface area contributed by atoms with Crippen LogP contribution in [0.25, 0.3) is 22.8 Å². The van der Waals surface area contributed by atoms with E-state index in [-0.39, 0.29) is 27.9 Å². The second-order valence-electron chi connectivity index (χ2n) is 4.46. The molecule has 0 spiro atoms. The Kier molecular flexibility index (Phi) is 3.75. The molecule has 3 aromatic rings. The Bertz CT molecular complexity index is 932. The molecule has 0 radical (unpaired) electrons. The van der Waals surface area contributed by atoms with Gasteiger partial charge in [0.05, 0.1) is 16.9 Å². The molecule has 0 amide bonds. The Balaban J connectivity index is 2.23. The van der Waals surface area contributed by atoms with E-state index in [0.29, 0.717) is 11.3 Å². The minimum Gasteiger partial charge on any atom is -0.461 e. The first kappa shape index (κ1) is 14.7. The number of rotatable bonds is 3. The fraction of sp³-hybridized carbons (Fsp3) is 0. The van der Waals surface area contributed by atoms with Crippen LogP contribution in [0.1, 0.15) is 5.56 Å². The Morgan fingerprint density at radius 3 is 2.74 bits per heavy atom. The maximum atomic E-state index is 10.9. The topological polar surface area (TPSA) is 106 Å². The molecule has 0 saturated heterocycles. The van der Waals surface area contributed by atoms with Gasteiger partial charge in [0.25, 0.3) is 5.69 Å². The smallest absolute Gasteiger partial charge is 0.270 e. The largest absolute Gasteiger partial charge is 0.461 e. The lowest BCUT2D eigenvalue weighted by Gasteiger charge is -2.07. The molecule has 0 bridgehead atoms. The highest BCUT2D eigenvalue weighted by atomic mass is 35.5. The highest BCUT2D eigenvalue weighted by molar-refractivity contribution is 6.31. The number of nitriles is 1. The summed E-state index contributed by atoms with van der Waals surface area (Å²) in [5.41, 5.74) is 0.540. The second-order valence-corrected chi connectivity index (χ2v) is 4.82. The lowest BCUT2D eigenvalue weighted by atomic mass is 10.1. The van der Waals surface area contributed by atoms with Crippen molar-refractivity contribution in [2.75, 3.05) is 0 Å². The van der Waals surface area contributed by atoms with Crippen LogP contribution in [0.5, 0.6) is 0 Å². The third-order valence-electron chi connectivity index (χ3n) is 3.05. The predicted octanol–water partition coefficient (Wildman–Crippen LogP) is 3.84. The van der Waals surface area contributed by atoms with Crippen molar-refractivity contribution in [2.45, 2.75) is 0 Å². The van der Waals surface area contributed by atoms with Crippen molar-refractivity contribution < 1.29 is 9.34 Å². The monoisotopic (exact) mass is 326 g/mol. The number of hydrogen-bond donors (Lipinski definition) is 0. The van der Waals surface area contributed by atoms with Gasteiger partial charge in [-0.2, -0.15) is 5.26 Å². The van der Waals surface area contributed by atoms with Crippen molar-refractivity contribution in [3.8, 4) is 28.9 Å². The molecule has 0 saturated carbocycles. The zero-order valence-corrected chi connectivity index (χ0v) is 12.2. The third-order valence-corrected chi connectivity index (χ3v) is 3.32. The van der Waals surface area contributed by atoms with Gasteiger partial charge < -0.3 is 4.42 Å². The van der Waals surface area contributed by atoms with Crippen LogP contribution in [0.4, 0.5) is 5.69 Å². The Morgan fingerprint density at radius 2 is 2.09 bits per heavy atom. The molecule has 0 aliphatic carbocycles. The SMILES string of the molecule is N#Cc1c(Cl)nc(-c2ccco2)nc1-c1cccc([N+](=O)[O-])c1. The van der Waals surface area contributed by atoms with E-state index < -0.39 is 4.92 Å². The Morgan fingerprint density at radius 1 is 1.26 bits per heavy atom. The fourth-order valence-corrected chi connectivity index (χ4v) is 2.24. The zero-order chi connectivity index (χ0) is 16.4. The lowest BCUT2D eigenvalue weighted by molar-refractivity contribution is -0.384. The van der Waals surface area contributed by atoms with E-state index in [1.165, 1.54) is 24.5 Å². The molecule has 112 valence electrons. The fourth-order valence-electron chi connectivity index (χ4n) is 2.02. The zero-order valence-electron chi connectivity index (χ0n) is 11.4. The normalized spacial score (nSPS) is 10.3. The first-order valence-electron chi connectivity index (χ1n) is 6.36. The van der Waals surface area contributed by atoms with Crippen LogP contribution in [0.15, 0.2) is 47.1 Å². The van der Waals surface area contributed by atoms with Gasteiger partial charge in [-0.1, -0.05) is 23.7 Å². The van der Waals surface area contributed by atoms with Gasteiger partial charge in [-0.25, -0.2) is 9.97 Å². The minimum absolute atomic E-state index is 0.0440. The summed E-state index contributed by atoms with van der Waals surface area (Å²) in [4.78, 5) is 18.7. The van der Waals surface area contributed by atoms with Crippen LogP contribution in [-0.2, 0) is 0 Å². The average molecular weight is 327 g/mol. The van der Waals surface area contributed by atoms with Crippen LogP contribution in [-0.4, -0.2) is 14.9 Å². The summed E-state index contributed by atoms with van der Waals surface area (Å²) in [7, 11) is 0. The predicted molar refractivity (Wildman–Crippen MR) is 81.5 cm³/mol. The summed E-state index contributed by atoms with van der Waals surface area (Å²) in [6, 6.07) is 11.0. The van der Waals surface area contributed by atoms with E-state index in [1.807, 2.05) is 6.07 Å². The maximum Gasteiger partial charge on any atom is 0.270 e. The molecule has 0 aliphatic heterocycles. The first-order valence-corrected chi connectivity index (χ1v) is 6.74. The van der Waals surface area contributed by atoms with Gasteiger partial charge >= 0.3 is 0 Å². The molecule has 0 aliphatic rings. The Hall–Kier alpha value is -3.24. The number of aromatic nitrogens is 2. The van der Waals surface area contributed by atoms with E-state index in [9.17, 15) is 15.4 Å².